The van der Waals surface area contributed by atoms with Crippen LogP contribution in [0.25, 0.3) is 11.4 Å². The fourth-order valence-electron chi connectivity index (χ4n) is 0.915. The summed E-state index contributed by atoms with van der Waals surface area (Å²) in [6.45, 7) is 0. The van der Waals surface area contributed by atoms with Gasteiger partial charge in [0.2, 0.25) is 0 Å². The molecular weight excluding hydrogens is 338 g/mol. The standard InChI is InChI=1S/C8H3Cl2IN2O/c9-6-5(11)7(10)13-8(12-6)4-1-2-14-3-4/h1-3H. The van der Waals surface area contributed by atoms with Crippen LogP contribution in [0.1, 0.15) is 0 Å². The molecule has 3 nitrogen and oxygen atoms in total. The van der Waals surface area contributed by atoms with Crippen LogP contribution in [0.2, 0.25) is 10.3 Å². The summed E-state index contributed by atoms with van der Waals surface area (Å²) in [5.74, 6) is 0.467. The number of furan rings is 1. The van der Waals surface area contributed by atoms with Crippen molar-refractivity contribution in [3.63, 3.8) is 0 Å². The topological polar surface area (TPSA) is 38.9 Å². The Labute approximate surface area is 104 Å². The molecule has 0 unspecified atom stereocenters. The summed E-state index contributed by atoms with van der Waals surface area (Å²) in [5.41, 5.74) is 0.755. The maximum absolute atomic E-state index is 5.86. The van der Waals surface area contributed by atoms with E-state index in [2.05, 4.69) is 9.97 Å². The molecule has 0 saturated heterocycles. The summed E-state index contributed by atoms with van der Waals surface area (Å²) in [4.78, 5) is 8.16. The van der Waals surface area contributed by atoms with E-state index in [1.165, 1.54) is 6.26 Å². The van der Waals surface area contributed by atoms with Crippen LogP contribution in [0.15, 0.2) is 23.0 Å². The Balaban J connectivity index is 2.57. The van der Waals surface area contributed by atoms with Crippen LogP contribution in [0.3, 0.4) is 0 Å². The largest absolute Gasteiger partial charge is 0.472 e. The molecule has 0 radical (unpaired) electrons. The second kappa shape index (κ2) is 4.04. The molecule has 0 spiro atoms. The third-order valence-corrected chi connectivity index (χ3v) is 3.76. The van der Waals surface area contributed by atoms with Crippen molar-refractivity contribution >= 4 is 45.8 Å². The van der Waals surface area contributed by atoms with Crippen molar-refractivity contribution < 1.29 is 4.42 Å². The molecule has 0 amide bonds. The van der Waals surface area contributed by atoms with Gasteiger partial charge < -0.3 is 4.42 Å². The van der Waals surface area contributed by atoms with E-state index in [1.807, 2.05) is 22.6 Å². The Morgan fingerprint density at radius 2 is 1.86 bits per heavy atom. The van der Waals surface area contributed by atoms with Crippen LogP contribution < -0.4 is 0 Å². The van der Waals surface area contributed by atoms with Gasteiger partial charge in [0.05, 0.1) is 15.4 Å². The molecule has 6 heteroatoms. The number of hydrogen-bond donors (Lipinski definition) is 0. The molecule has 0 atom stereocenters. The molecule has 0 bridgehead atoms. The summed E-state index contributed by atoms with van der Waals surface area (Å²) in [6, 6.07) is 1.74. The highest BCUT2D eigenvalue weighted by molar-refractivity contribution is 14.1. The minimum absolute atomic E-state index is 0.349. The van der Waals surface area contributed by atoms with Crippen molar-refractivity contribution in [2.75, 3.05) is 0 Å². The average molecular weight is 341 g/mol. The first-order chi connectivity index (χ1) is 6.68. The van der Waals surface area contributed by atoms with Crippen LogP contribution >= 0.6 is 45.8 Å². The summed E-state index contributed by atoms with van der Waals surface area (Å²) in [5, 5.41) is 0.698. The predicted molar refractivity (Wildman–Crippen MR) is 62.5 cm³/mol. The molecule has 0 aliphatic rings. The Hall–Kier alpha value is -0.330. The van der Waals surface area contributed by atoms with Gasteiger partial charge in [0, 0.05) is 0 Å². The maximum Gasteiger partial charge on any atom is 0.165 e. The van der Waals surface area contributed by atoms with E-state index in [1.54, 1.807) is 12.3 Å². The van der Waals surface area contributed by atoms with E-state index in [9.17, 15) is 0 Å². The Bertz CT molecular complexity index is 435. The van der Waals surface area contributed by atoms with Crippen molar-refractivity contribution in [3.05, 3.63) is 32.5 Å². The lowest BCUT2D eigenvalue weighted by Gasteiger charge is -2.00. The van der Waals surface area contributed by atoms with E-state index in [0.717, 1.165) is 5.56 Å². The van der Waals surface area contributed by atoms with Crippen molar-refractivity contribution in [1.82, 2.24) is 9.97 Å². The minimum Gasteiger partial charge on any atom is -0.472 e. The fraction of sp³-hybridized carbons (Fsp3) is 0. The van der Waals surface area contributed by atoms with E-state index in [0.29, 0.717) is 19.7 Å². The number of rotatable bonds is 1. The first kappa shape index (κ1) is 10.2. The molecular formula is C8H3Cl2IN2O. The molecule has 0 fully saturated rings. The van der Waals surface area contributed by atoms with Crippen molar-refractivity contribution in [2.24, 2.45) is 0 Å². The molecule has 2 heterocycles. The molecule has 0 aliphatic heterocycles. The second-order valence-corrected chi connectivity index (χ2v) is 4.25. The van der Waals surface area contributed by atoms with E-state index >= 15 is 0 Å². The summed E-state index contributed by atoms with van der Waals surface area (Å²) in [7, 11) is 0. The minimum atomic E-state index is 0.349. The van der Waals surface area contributed by atoms with E-state index < -0.39 is 0 Å². The van der Waals surface area contributed by atoms with Crippen molar-refractivity contribution in [1.29, 1.82) is 0 Å². The molecule has 2 aromatic heterocycles. The Kier molecular flexibility index (Phi) is 2.94. The first-order valence-electron chi connectivity index (χ1n) is 3.59. The SMILES string of the molecule is Clc1nc(-c2ccoc2)nc(Cl)c1I. The third-order valence-electron chi connectivity index (χ3n) is 1.55. The first-order valence-corrected chi connectivity index (χ1v) is 5.43. The maximum atomic E-state index is 5.86. The van der Waals surface area contributed by atoms with E-state index in [-0.39, 0.29) is 0 Å². The van der Waals surface area contributed by atoms with Crippen LogP contribution in [0.4, 0.5) is 0 Å². The number of nitrogens with zero attached hydrogens (tertiary/aromatic N) is 2. The highest BCUT2D eigenvalue weighted by atomic mass is 127. The molecule has 0 aromatic carbocycles. The number of halogens is 3. The lowest BCUT2D eigenvalue weighted by atomic mass is 10.3. The van der Waals surface area contributed by atoms with Gasteiger partial charge in [-0.3, -0.25) is 0 Å². The van der Waals surface area contributed by atoms with Gasteiger partial charge >= 0.3 is 0 Å². The normalized spacial score (nSPS) is 10.5. The van der Waals surface area contributed by atoms with Gasteiger partial charge in [-0.05, 0) is 28.7 Å². The average Bonchev–Trinajstić information content (AvgIpc) is 2.66. The van der Waals surface area contributed by atoms with Crippen LogP contribution in [0.5, 0.6) is 0 Å². The molecule has 0 N–H and O–H groups in total. The molecule has 2 aromatic rings. The van der Waals surface area contributed by atoms with E-state index in [4.69, 9.17) is 27.6 Å². The Morgan fingerprint density at radius 3 is 2.36 bits per heavy atom. The smallest absolute Gasteiger partial charge is 0.165 e. The fourth-order valence-corrected chi connectivity index (χ4v) is 1.54. The van der Waals surface area contributed by atoms with Gasteiger partial charge in [0.1, 0.15) is 16.6 Å². The molecule has 2 rings (SSSR count). The lowest BCUT2D eigenvalue weighted by Crippen LogP contribution is -1.92. The summed E-state index contributed by atoms with van der Waals surface area (Å²) >= 11 is 13.7. The van der Waals surface area contributed by atoms with Crippen LogP contribution in [-0.4, -0.2) is 9.97 Å². The molecule has 72 valence electrons. The highest BCUT2D eigenvalue weighted by Crippen LogP contribution is 2.26. The monoisotopic (exact) mass is 340 g/mol. The highest BCUT2D eigenvalue weighted by Gasteiger charge is 2.10. The van der Waals surface area contributed by atoms with Gasteiger partial charge in [0.15, 0.2) is 5.82 Å². The zero-order valence-corrected chi connectivity index (χ0v) is 10.3. The van der Waals surface area contributed by atoms with Crippen molar-refractivity contribution in [2.45, 2.75) is 0 Å². The molecule has 0 saturated carbocycles. The third kappa shape index (κ3) is 1.87. The number of aromatic nitrogens is 2. The van der Waals surface area contributed by atoms with Gasteiger partial charge in [0.25, 0.3) is 0 Å². The van der Waals surface area contributed by atoms with Crippen LogP contribution in [-0.2, 0) is 0 Å². The lowest BCUT2D eigenvalue weighted by molar-refractivity contribution is 0.568. The molecule has 0 aliphatic carbocycles. The van der Waals surface area contributed by atoms with Crippen LogP contribution in [0, 0.1) is 3.57 Å². The summed E-state index contributed by atoms with van der Waals surface area (Å²) < 4.78 is 5.56. The molecule has 14 heavy (non-hydrogen) atoms. The number of hydrogen-bond acceptors (Lipinski definition) is 3. The zero-order chi connectivity index (χ0) is 10.1. The predicted octanol–water partition coefficient (Wildman–Crippen LogP) is 3.65. The zero-order valence-electron chi connectivity index (χ0n) is 6.67. The Morgan fingerprint density at radius 1 is 1.21 bits per heavy atom. The summed E-state index contributed by atoms with van der Waals surface area (Å²) in [6.07, 6.45) is 3.08. The van der Waals surface area contributed by atoms with Gasteiger partial charge in [-0.2, -0.15) is 0 Å². The second-order valence-electron chi connectivity index (χ2n) is 2.45. The van der Waals surface area contributed by atoms with Gasteiger partial charge in [-0.15, -0.1) is 0 Å². The van der Waals surface area contributed by atoms with Gasteiger partial charge in [-0.1, -0.05) is 23.2 Å². The van der Waals surface area contributed by atoms with Crippen molar-refractivity contribution in [3.8, 4) is 11.4 Å². The van der Waals surface area contributed by atoms with Gasteiger partial charge in [-0.25, -0.2) is 9.97 Å². The quantitative estimate of drug-likeness (QED) is 0.587.